The van der Waals surface area contributed by atoms with E-state index in [0.717, 1.165) is 24.2 Å². The minimum absolute atomic E-state index is 0.0941. The molecular formula is C14H24N2O2. The van der Waals surface area contributed by atoms with Gasteiger partial charge in [-0.2, -0.15) is 0 Å². The summed E-state index contributed by atoms with van der Waals surface area (Å²) in [7, 11) is 1.66. The van der Waals surface area contributed by atoms with Crippen LogP contribution in [0.2, 0.25) is 0 Å². The summed E-state index contributed by atoms with van der Waals surface area (Å²) < 4.78 is 5.22. The number of aliphatic hydroxyl groups is 1. The molecule has 0 aromatic heterocycles. The predicted molar refractivity (Wildman–Crippen MR) is 73.7 cm³/mol. The van der Waals surface area contributed by atoms with Gasteiger partial charge in [-0.25, -0.2) is 0 Å². The van der Waals surface area contributed by atoms with Gasteiger partial charge in [-0.05, 0) is 30.5 Å². The van der Waals surface area contributed by atoms with Crippen molar-refractivity contribution in [3.05, 3.63) is 29.8 Å². The van der Waals surface area contributed by atoms with Crippen LogP contribution < -0.4 is 15.8 Å². The van der Waals surface area contributed by atoms with E-state index in [1.54, 1.807) is 7.11 Å². The van der Waals surface area contributed by atoms with Crippen molar-refractivity contribution < 1.29 is 9.84 Å². The van der Waals surface area contributed by atoms with Crippen LogP contribution in [0.4, 0.5) is 0 Å². The molecule has 0 aliphatic carbocycles. The fraction of sp³-hybridized carbons (Fsp3) is 0.571. The van der Waals surface area contributed by atoms with Gasteiger partial charge in [0.1, 0.15) is 5.75 Å². The molecule has 1 aromatic rings. The van der Waals surface area contributed by atoms with E-state index in [0.29, 0.717) is 6.54 Å². The molecule has 0 saturated carbocycles. The second kappa shape index (κ2) is 8.08. The number of nitrogens with two attached hydrogens (primary N) is 1. The third kappa shape index (κ3) is 4.29. The van der Waals surface area contributed by atoms with Crippen molar-refractivity contribution in [2.45, 2.75) is 31.8 Å². The third-order valence-corrected chi connectivity index (χ3v) is 3.14. The minimum atomic E-state index is 0.0941. The molecule has 4 heteroatoms. The van der Waals surface area contributed by atoms with Crippen molar-refractivity contribution in [2.75, 3.05) is 20.3 Å². The van der Waals surface area contributed by atoms with Crippen molar-refractivity contribution >= 4 is 0 Å². The Balaban J connectivity index is 2.74. The van der Waals surface area contributed by atoms with Crippen LogP contribution >= 0.6 is 0 Å². The van der Waals surface area contributed by atoms with Crippen LogP contribution in [0.3, 0.4) is 0 Å². The van der Waals surface area contributed by atoms with E-state index in [9.17, 15) is 0 Å². The first-order valence-corrected chi connectivity index (χ1v) is 6.46. The second-order valence-corrected chi connectivity index (χ2v) is 4.35. The third-order valence-electron chi connectivity index (χ3n) is 3.14. The van der Waals surface area contributed by atoms with Gasteiger partial charge in [-0.1, -0.05) is 19.1 Å². The highest BCUT2D eigenvalue weighted by atomic mass is 16.5. The standard InChI is InChI=1S/C14H24N2O2/c1-3-12(7-8-17)16-14(10-15)11-5-4-6-13(9-11)18-2/h4-6,9,12,14,16-17H,3,7-8,10,15H2,1-2H3. The maximum absolute atomic E-state index is 9.01. The number of rotatable bonds is 8. The van der Waals surface area contributed by atoms with Gasteiger partial charge < -0.3 is 20.9 Å². The van der Waals surface area contributed by atoms with Crippen molar-refractivity contribution in [1.82, 2.24) is 5.32 Å². The lowest BCUT2D eigenvalue weighted by Gasteiger charge is -2.24. The first-order chi connectivity index (χ1) is 8.74. The lowest BCUT2D eigenvalue weighted by molar-refractivity contribution is 0.255. The smallest absolute Gasteiger partial charge is 0.119 e. The molecule has 0 amide bonds. The summed E-state index contributed by atoms with van der Waals surface area (Å²) in [6.45, 7) is 2.82. The molecule has 0 heterocycles. The molecule has 0 radical (unpaired) electrons. The number of hydrogen-bond acceptors (Lipinski definition) is 4. The zero-order chi connectivity index (χ0) is 13.4. The Morgan fingerprint density at radius 1 is 1.44 bits per heavy atom. The van der Waals surface area contributed by atoms with Crippen LogP contribution in [-0.2, 0) is 0 Å². The molecule has 0 spiro atoms. The Hall–Kier alpha value is -1.10. The number of nitrogens with one attached hydrogen (secondary N) is 1. The summed E-state index contributed by atoms with van der Waals surface area (Å²) in [4.78, 5) is 0. The number of hydrogen-bond donors (Lipinski definition) is 3. The molecule has 18 heavy (non-hydrogen) atoms. The largest absolute Gasteiger partial charge is 0.497 e. The first kappa shape index (κ1) is 15.0. The van der Waals surface area contributed by atoms with Crippen LogP contribution in [-0.4, -0.2) is 31.4 Å². The number of methoxy groups -OCH3 is 1. The summed E-state index contributed by atoms with van der Waals surface area (Å²) in [5, 5.41) is 12.5. The van der Waals surface area contributed by atoms with Gasteiger partial charge in [0.05, 0.1) is 7.11 Å². The highest BCUT2D eigenvalue weighted by Gasteiger charge is 2.14. The summed E-state index contributed by atoms with van der Waals surface area (Å²) >= 11 is 0. The van der Waals surface area contributed by atoms with Gasteiger partial charge in [0, 0.05) is 25.2 Å². The SMILES string of the molecule is CCC(CCO)NC(CN)c1cccc(OC)c1. The lowest BCUT2D eigenvalue weighted by Crippen LogP contribution is -2.37. The Kier molecular flexibility index (Phi) is 6.72. The summed E-state index contributed by atoms with van der Waals surface area (Å²) in [5.41, 5.74) is 6.95. The van der Waals surface area contributed by atoms with Gasteiger partial charge in [-0.15, -0.1) is 0 Å². The normalized spacial score (nSPS) is 14.2. The molecule has 0 bridgehead atoms. The lowest BCUT2D eigenvalue weighted by atomic mass is 10.0. The van der Waals surface area contributed by atoms with Crippen molar-refractivity contribution in [3.8, 4) is 5.75 Å². The molecule has 4 N–H and O–H groups in total. The predicted octanol–water partition coefficient (Wildman–Crippen LogP) is 1.45. The van der Waals surface area contributed by atoms with Crippen LogP contribution in [0.15, 0.2) is 24.3 Å². The zero-order valence-electron chi connectivity index (χ0n) is 11.2. The topological polar surface area (TPSA) is 67.5 Å². The molecule has 0 fully saturated rings. The van der Waals surface area contributed by atoms with Gasteiger partial charge in [0.2, 0.25) is 0 Å². The Labute approximate surface area is 109 Å². The molecule has 0 aliphatic rings. The molecule has 2 atom stereocenters. The molecule has 1 rings (SSSR count). The molecule has 2 unspecified atom stereocenters. The van der Waals surface area contributed by atoms with E-state index in [1.807, 2.05) is 24.3 Å². The number of benzene rings is 1. The highest BCUT2D eigenvalue weighted by Crippen LogP contribution is 2.19. The maximum atomic E-state index is 9.01. The summed E-state index contributed by atoms with van der Waals surface area (Å²) in [6.07, 6.45) is 1.72. The van der Waals surface area contributed by atoms with Crippen molar-refractivity contribution in [1.29, 1.82) is 0 Å². The quantitative estimate of drug-likeness (QED) is 0.655. The fourth-order valence-corrected chi connectivity index (χ4v) is 2.00. The fourth-order valence-electron chi connectivity index (χ4n) is 2.00. The van der Waals surface area contributed by atoms with E-state index in [4.69, 9.17) is 15.6 Å². The Bertz CT molecular complexity index is 344. The van der Waals surface area contributed by atoms with E-state index < -0.39 is 0 Å². The van der Waals surface area contributed by atoms with Crippen LogP contribution in [0.5, 0.6) is 5.75 Å². The van der Waals surface area contributed by atoms with Crippen LogP contribution in [0.1, 0.15) is 31.4 Å². The summed E-state index contributed by atoms with van der Waals surface area (Å²) in [6, 6.07) is 8.30. The average molecular weight is 252 g/mol. The van der Waals surface area contributed by atoms with E-state index in [2.05, 4.69) is 12.2 Å². The molecule has 0 saturated heterocycles. The van der Waals surface area contributed by atoms with Crippen molar-refractivity contribution in [3.63, 3.8) is 0 Å². The molecule has 4 nitrogen and oxygen atoms in total. The molecule has 0 aliphatic heterocycles. The monoisotopic (exact) mass is 252 g/mol. The van der Waals surface area contributed by atoms with E-state index in [1.165, 1.54) is 0 Å². The maximum Gasteiger partial charge on any atom is 0.119 e. The number of aliphatic hydroxyl groups excluding tert-OH is 1. The molecular weight excluding hydrogens is 228 g/mol. The molecule has 1 aromatic carbocycles. The van der Waals surface area contributed by atoms with Gasteiger partial charge in [0.15, 0.2) is 0 Å². The molecule has 102 valence electrons. The first-order valence-electron chi connectivity index (χ1n) is 6.46. The number of ether oxygens (including phenoxy) is 1. The van der Waals surface area contributed by atoms with Gasteiger partial charge in [-0.3, -0.25) is 0 Å². The summed E-state index contributed by atoms with van der Waals surface area (Å²) in [5.74, 6) is 0.836. The minimum Gasteiger partial charge on any atom is -0.497 e. The van der Waals surface area contributed by atoms with Gasteiger partial charge >= 0.3 is 0 Å². The zero-order valence-corrected chi connectivity index (χ0v) is 11.2. The second-order valence-electron chi connectivity index (χ2n) is 4.35. The Morgan fingerprint density at radius 2 is 2.22 bits per heavy atom. The van der Waals surface area contributed by atoms with Gasteiger partial charge in [0.25, 0.3) is 0 Å². The Morgan fingerprint density at radius 3 is 2.78 bits per heavy atom. The van der Waals surface area contributed by atoms with Crippen LogP contribution in [0.25, 0.3) is 0 Å². The van der Waals surface area contributed by atoms with Crippen molar-refractivity contribution in [2.24, 2.45) is 5.73 Å². The van der Waals surface area contributed by atoms with Crippen LogP contribution in [0, 0.1) is 0 Å². The average Bonchev–Trinajstić information content (AvgIpc) is 2.43. The highest BCUT2D eigenvalue weighted by molar-refractivity contribution is 5.30. The van der Waals surface area contributed by atoms with E-state index >= 15 is 0 Å². The van der Waals surface area contributed by atoms with E-state index in [-0.39, 0.29) is 18.7 Å².